The van der Waals surface area contributed by atoms with E-state index in [1.54, 1.807) is 0 Å². The highest BCUT2D eigenvalue weighted by Gasteiger charge is 2.23. The number of likely N-dealkylation sites (N-methyl/N-ethyl adjacent to an activating group) is 1. The minimum absolute atomic E-state index is 0.0713. The van der Waals surface area contributed by atoms with Crippen molar-refractivity contribution in [1.29, 1.82) is 0 Å². The molecule has 4 heteroatoms. The SMILES string of the molecule is CCN(CCn1cccn1)C(C)(C)CN. The number of rotatable bonds is 6. The van der Waals surface area contributed by atoms with Gasteiger partial charge in [0.25, 0.3) is 0 Å². The minimum atomic E-state index is 0.0713. The average molecular weight is 210 g/mol. The van der Waals surface area contributed by atoms with Gasteiger partial charge in [0, 0.05) is 31.0 Å². The van der Waals surface area contributed by atoms with Crippen molar-refractivity contribution in [3.63, 3.8) is 0 Å². The summed E-state index contributed by atoms with van der Waals surface area (Å²) in [6.45, 7) is 10.1. The van der Waals surface area contributed by atoms with E-state index in [2.05, 4.69) is 30.8 Å². The Morgan fingerprint density at radius 2 is 2.20 bits per heavy atom. The Bertz CT molecular complexity index is 266. The van der Waals surface area contributed by atoms with Crippen LogP contribution in [0.25, 0.3) is 0 Å². The number of nitrogens with zero attached hydrogens (tertiary/aromatic N) is 3. The zero-order valence-electron chi connectivity index (χ0n) is 9.98. The molecule has 0 aromatic carbocycles. The van der Waals surface area contributed by atoms with Crippen molar-refractivity contribution < 1.29 is 0 Å². The molecule has 2 N–H and O–H groups in total. The Morgan fingerprint density at radius 1 is 1.47 bits per heavy atom. The number of nitrogens with two attached hydrogens (primary N) is 1. The molecule has 0 saturated carbocycles. The quantitative estimate of drug-likeness (QED) is 0.760. The molecule has 0 atom stereocenters. The highest BCUT2D eigenvalue weighted by molar-refractivity contribution is 4.83. The maximum absolute atomic E-state index is 5.77. The second-order valence-corrected chi connectivity index (χ2v) is 4.37. The van der Waals surface area contributed by atoms with Crippen molar-refractivity contribution in [2.24, 2.45) is 5.73 Å². The molecule has 0 amide bonds. The molecular weight excluding hydrogens is 188 g/mol. The summed E-state index contributed by atoms with van der Waals surface area (Å²) in [4.78, 5) is 2.38. The minimum Gasteiger partial charge on any atom is -0.329 e. The van der Waals surface area contributed by atoms with E-state index < -0.39 is 0 Å². The van der Waals surface area contributed by atoms with Crippen LogP contribution >= 0.6 is 0 Å². The van der Waals surface area contributed by atoms with Crippen molar-refractivity contribution >= 4 is 0 Å². The topological polar surface area (TPSA) is 47.1 Å². The van der Waals surface area contributed by atoms with Crippen LogP contribution in [-0.4, -0.2) is 39.9 Å². The average Bonchev–Trinajstić information content (AvgIpc) is 2.71. The van der Waals surface area contributed by atoms with Crippen LogP contribution in [-0.2, 0) is 6.54 Å². The van der Waals surface area contributed by atoms with Gasteiger partial charge in [0.05, 0.1) is 6.54 Å². The second-order valence-electron chi connectivity index (χ2n) is 4.37. The van der Waals surface area contributed by atoms with E-state index >= 15 is 0 Å². The van der Waals surface area contributed by atoms with Gasteiger partial charge in [0.15, 0.2) is 0 Å². The first-order valence-corrected chi connectivity index (χ1v) is 5.52. The Morgan fingerprint density at radius 3 is 2.67 bits per heavy atom. The van der Waals surface area contributed by atoms with Crippen molar-refractivity contribution in [1.82, 2.24) is 14.7 Å². The van der Waals surface area contributed by atoms with Gasteiger partial charge in [-0.2, -0.15) is 5.10 Å². The van der Waals surface area contributed by atoms with Crippen LogP contribution in [0.3, 0.4) is 0 Å². The lowest BCUT2D eigenvalue weighted by Gasteiger charge is -2.36. The Labute approximate surface area is 92.1 Å². The van der Waals surface area contributed by atoms with Gasteiger partial charge in [0.1, 0.15) is 0 Å². The molecule has 1 aromatic rings. The summed E-state index contributed by atoms with van der Waals surface area (Å²) in [7, 11) is 0. The van der Waals surface area contributed by atoms with E-state index in [4.69, 9.17) is 5.73 Å². The number of hydrogen-bond donors (Lipinski definition) is 1. The molecule has 0 fully saturated rings. The van der Waals surface area contributed by atoms with E-state index in [9.17, 15) is 0 Å². The molecule has 0 bridgehead atoms. The van der Waals surface area contributed by atoms with Crippen LogP contribution in [0.2, 0.25) is 0 Å². The molecule has 0 radical (unpaired) electrons. The van der Waals surface area contributed by atoms with E-state index in [-0.39, 0.29) is 5.54 Å². The van der Waals surface area contributed by atoms with Gasteiger partial charge in [-0.1, -0.05) is 6.92 Å². The first-order chi connectivity index (χ1) is 7.10. The third-order valence-electron chi connectivity index (χ3n) is 2.90. The van der Waals surface area contributed by atoms with Crippen LogP contribution < -0.4 is 5.73 Å². The lowest BCUT2D eigenvalue weighted by Crippen LogP contribution is -2.50. The molecule has 4 nitrogen and oxygen atoms in total. The Kier molecular flexibility index (Phi) is 4.29. The molecule has 0 aliphatic heterocycles. The summed E-state index contributed by atoms with van der Waals surface area (Å²) >= 11 is 0. The van der Waals surface area contributed by atoms with Gasteiger partial charge in [0.2, 0.25) is 0 Å². The second kappa shape index (κ2) is 5.28. The van der Waals surface area contributed by atoms with Gasteiger partial charge in [-0.15, -0.1) is 0 Å². The van der Waals surface area contributed by atoms with E-state index in [1.165, 1.54) is 0 Å². The maximum atomic E-state index is 5.77. The summed E-state index contributed by atoms with van der Waals surface area (Å²) < 4.78 is 1.95. The summed E-state index contributed by atoms with van der Waals surface area (Å²) in [6, 6.07) is 1.95. The zero-order chi connectivity index (χ0) is 11.3. The zero-order valence-corrected chi connectivity index (χ0v) is 9.98. The smallest absolute Gasteiger partial charge is 0.0536 e. The fourth-order valence-electron chi connectivity index (χ4n) is 1.67. The molecule has 0 aliphatic rings. The van der Waals surface area contributed by atoms with Crippen molar-refractivity contribution in [2.75, 3.05) is 19.6 Å². The first-order valence-electron chi connectivity index (χ1n) is 5.52. The predicted molar refractivity (Wildman–Crippen MR) is 62.6 cm³/mol. The van der Waals surface area contributed by atoms with Crippen LogP contribution in [0.4, 0.5) is 0 Å². The van der Waals surface area contributed by atoms with Gasteiger partial charge < -0.3 is 5.73 Å². The largest absolute Gasteiger partial charge is 0.329 e. The van der Waals surface area contributed by atoms with Gasteiger partial charge in [-0.05, 0) is 26.5 Å². The number of aromatic nitrogens is 2. The molecule has 0 saturated heterocycles. The molecule has 1 rings (SSSR count). The van der Waals surface area contributed by atoms with Crippen LogP contribution in [0.15, 0.2) is 18.5 Å². The molecule has 0 aliphatic carbocycles. The molecule has 1 heterocycles. The summed E-state index contributed by atoms with van der Waals surface area (Å²) in [5.41, 5.74) is 5.84. The molecule has 86 valence electrons. The van der Waals surface area contributed by atoms with E-state index in [0.29, 0.717) is 6.54 Å². The van der Waals surface area contributed by atoms with Crippen LogP contribution in [0.5, 0.6) is 0 Å². The molecule has 0 unspecified atom stereocenters. The Hall–Kier alpha value is -0.870. The predicted octanol–water partition coefficient (Wildman–Crippen LogP) is 0.942. The molecular formula is C11H22N4. The standard InChI is InChI=1S/C11H22N4/c1-4-14(11(2,3)10-12)8-9-15-7-5-6-13-15/h5-7H,4,8-10,12H2,1-3H3. The third-order valence-corrected chi connectivity index (χ3v) is 2.90. The fraction of sp³-hybridized carbons (Fsp3) is 0.727. The van der Waals surface area contributed by atoms with Gasteiger partial charge in [-0.3, -0.25) is 9.58 Å². The third kappa shape index (κ3) is 3.32. The van der Waals surface area contributed by atoms with E-state index in [1.807, 2.05) is 23.1 Å². The fourth-order valence-corrected chi connectivity index (χ4v) is 1.67. The van der Waals surface area contributed by atoms with E-state index in [0.717, 1.165) is 19.6 Å². The number of hydrogen-bond acceptors (Lipinski definition) is 3. The highest BCUT2D eigenvalue weighted by atomic mass is 15.3. The summed E-state index contributed by atoms with van der Waals surface area (Å²) in [5.74, 6) is 0. The lowest BCUT2D eigenvalue weighted by atomic mass is 10.0. The maximum Gasteiger partial charge on any atom is 0.0536 e. The van der Waals surface area contributed by atoms with Crippen LogP contribution in [0, 0.1) is 0 Å². The normalized spacial score (nSPS) is 12.3. The monoisotopic (exact) mass is 210 g/mol. The molecule has 0 spiro atoms. The van der Waals surface area contributed by atoms with Gasteiger partial charge >= 0.3 is 0 Å². The first kappa shape index (κ1) is 12.2. The molecule has 15 heavy (non-hydrogen) atoms. The van der Waals surface area contributed by atoms with Crippen molar-refractivity contribution in [2.45, 2.75) is 32.9 Å². The van der Waals surface area contributed by atoms with Gasteiger partial charge in [-0.25, -0.2) is 0 Å². The van der Waals surface area contributed by atoms with Crippen LogP contribution in [0.1, 0.15) is 20.8 Å². The summed E-state index contributed by atoms with van der Waals surface area (Å²) in [5, 5.41) is 4.19. The lowest BCUT2D eigenvalue weighted by molar-refractivity contribution is 0.127. The Balaban J connectivity index is 2.47. The highest BCUT2D eigenvalue weighted by Crippen LogP contribution is 2.11. The van der Waals surface area contributed by atoms with Crippen molar-refractivity contribution in [3.8, 4) is 0 Å². The molecule has 1 aromatic heterocycles. The van der Waals surface area contributed by atoms with Crippen molar-refractivity contribution in [3.05, 3.63) is 18.5 Å². The summed E-state index contributed by atoms with van der Waals surface area (Å²) in [6.07, 6.45) is 3.80.